The summed E-state index contributed by atoms with van der Waals surface area (Å²) in [6.07, 6.45) is -0.205. The van der Waals surface area contributed by atoms with Crippen LogP contribution in [0.2, 0.25) is 0 Å². The normalized spacial score (nSPS) is 16.0. The molecule has 1 saturated heterocycles. The van der Waals surface area contributed by atoms with E-state index in [1.807, 2.05) is 51.1 Å². The lowest BCUT2D eigenvalue weighted by atomic mass is 10.1. The highest BCUT2D eigenvalue weighted by atomic mass is 19.1. The van der Waals surface area contributed by atoms with Gasteiger partial charge in [0.15, 0.2) is 0 Å². The molecule has 1 fully saturated rings. The fourth-order valence-corrected chi connectivity index (χ4v) is 3.32. The second kappa shape index (κ2) is 10.5. The number of amides is 2. The van der Waals surface area contributed by atoms with Gasteiger partial charge in [0.05, 0.1) is 0 Å². The van der Waals surface area contributed by atoms with Gasteiger partial charge in [-0.3, -0.25) is 5.32 Å². The molecule has 2 N–H and O–H groups in total. The summed E-state index contributed by atoms with van der Waals surface area (Å²) in [5.74, 6) is -0.430. The zero-order valence-electron chi connectivity index (χ0n) is 18.7. The molecule has 2 aromatic rings. The number of rotatable bonds is 6. The van der Waals surface area contributed by atoms with Gasteiger partial charge in [0.1, 0.15) is 18.0 Å². The molecule has 2 amide bonds. The SMILES string of the molecule is CC(C)(C)OC(=O)N1CCC(NCc2ccc(NC(=O)OCc3ccccc3)cc2F)C1. The van der Waals surface area contributed by atoms with Gasteiger partial charge in [0, 0.05) is 36.9 Å². The first-order chi connectivity index (χ1) is 15.2. The predicted octanol–water partition coefficient (Wildman–Crippen LogP) is 4.67. The minimum Gasteiger partial charge on any atom is -0.444 e. The van der Waals surface area contributed by atoms with Gasteiger partial charge in [-0.25, -0.2) is 14.0 Å². The Balaban J connectivity index is 1.44. The summed E-state index contributed by atoms with van der Waals surface area (Å²) in [5, 5.41) is 5.82. The van der Waals surface area contributed by atoms with Crippen LogP contribution in [-0.2, 0) is 22.6 Å². The molecule has 1 aliphatic heterocycles. The Morgan fingerprint density at radius 1 is 1.16 bits per heavy atom. The second-order valence-electron chi connectivity index (χ2n) is 8.79. The number of benzene rings is 2. The fourth-order valence-electron chi connectivity index (χ4n) is 3.32. The Hall–Kier alpha value is -3.13. The van der Waals surface area contributed by atoms with Crippen LogP contribution in [-0.4, -0.2) is 41.8 Å². The lowest BCUT2D eigenvalue weighted by Crippen LogP contribution is -2.38. The number of halogens is 1. The number of nitrogens with one attached hydrogen (secondary N) is 2. The third-order valence-electron chi connectivity index (χ3n) is 4.93. The Kier molecular flexibility index (Phi) is 7.69. The van der Waals surface area contributed by atoms with Gasteiger partial charge in [-0.2, -0.15) is 0 Å². The second-order valence-corrected chi connectivity index (χ2v) is 8.79. The highest BCUT2D eigenvalue weighted by Gasteiger charge is 2.29. The van der Waals surface area contributed by atoms with E-state index in [0.29, 0.717) is 30.9 Å². The molecule has 0 radical (unpaired) electrons. The van der Waals surface area contributed by atoms with Gasteiger partial charge >= 0.3 is 12.2 Å². The minimum absolute atomic E-state index is 0.0627. The molecular weight excluding hydrogens is 413 g/mol. The molecule has 0 aliphatic carbocycles. The van der Waals surface area contributed by atoms with Crippen LogP contribution in [0.4, 0.5) is 19.7 Å². The van der Waals surface area contributed by atoms with Gasteiger partial charge < -0.3 is 19.7 Å². The average Bonchev–Trinajstić information content (AvgIpc) is 3.21. The number of likely N-dealkylation sites (tertiary alicyclic amines) is 1. The molecule has 1 heterocycles. The molecule has 3 rings (SSSR count). The van der Waals surface area contributed by atoms with Crippen molar-refractivity contribution in [3.63, 3.8) is 0 Å². The van der Waals surface area contributed by atoms with Crippen molar-refractivity contribution in [2.24, 2.45) is 0 Å². The maximum atomic E-state index is 14.5. The van der Waals surface area contributed by atoms with Crippen molar-refractivity contribution in [3.05, 3.63) is 65.5 Å². The van der Waals surface area contributed by atoms with E-state index >= 15 is 0 Å². The van der Waals surface area contributed by atoms with Crippen molar-refractivity contribution < 1.29 is 23.5 Å². The Labute approximate surface area is 187 Å². The standard InChI is InChI=1S/C24H30FN3O4/c1-24(2,3)32-23(30)28-12-11-20(15-28)26-14-18-9-10-19(13-21(18)25)27-22(29)31-16-17-7-5-4-6-8-17/h4-10,13,20,26H,11-12,14-16H2,1-3H3,(H,27,29). The number of hydrogen-bond acceptors (Lipinski definition) is 5. The third-order valence-corrected chi connectivity index (χ3v) is 4.93. The van der Waals surface area contributed by atoms with Crippen LogP contribution in [0.5, 0.6) is 0 Å². The first kappa shape index (κ1) is 23.5. The highest BCUT2D eigenvalue weighted by Crippen LogP contribution is 2.18. The van der Waals surface area contributed by atoms with Crippen molar-refractivity contribution in [3.8, 4) is 0 Å². The number of ether oxygens (including phenoxy) is 2. The monoisotopic (exact) mass is 443 g/mol. The molecule has 32 heavy (non-hydrogen) atoms. The van der Waals surface area contributed by atoms with Crippen molar-refractivity contribution in [1.82, 2.24) is 10.2 Å². The summed E-state index contributed by atoms with van der Waals surface area (Å²) >= 11 is 0. The molecule has 7 nitrogen and oxygen atoms in total. The highest BCUT2D eigenvalue weighted by molar-refractivity contribution is 5.84. The molecular formula is C24H30FN3O4. The van der Waals surface area contributed by atoms with Crippen LogP contribution in [0.25, 0.3) is 0 Å². The van der Waals surface area contributed by atoms with Gasteiger partial charge in [-0.15, -0.1) is 0 Å². The zero-order valence-corrected chi connectivity index (χ0v) is 18.7. The lowest BCUT2D eigenvalue weighted by Gasteiger charge is -2.24. The predicted molar refractivity (Wildman–Crippen MR) is 120 cm³/mol. The summed E-state index contributed by atoms with van der Waals surface area (Å²) < 4.78 is 25.0. The number of carbonyl (C=O) groups is 2. The Bertz CT molecular complexity index is 931. The van der Waals surface area contributed by atoms with Crippen molar-refractivity contribution >= 4 is 17.9 Å². The van der Waals surface area contributed by atoms with E-state index in [-0.39, 0.29) is 18.7 Å². The molecule has 8 heteroatoms. The molecule has 1 atom stereocenters. The van der Waals surface area contributed by atoms with Crippen LogP contribution in [0, 0.1) is 5.82 Å². The topological polar surface area (TPSA) is 79.9 Å². The first-order valence-corrected chi connectivity index (χ1v) is 10.7. The van der Waals surface area contributed by atoms with E-state index in [0.717, 1.165) is 12.0 Å². The van der Waals surface area contributed by atoms with Crippen LogP contribution in [0.3, 0.4) is 0 Å². The van der Waals surface area contributed by atoms with Crippen LogP contribution in [0.1, 0.15) is 38.3 Å². The fraction of sp³-hybridized carbons (Fsp3) is 0.417. The molecule has 0 spiro atoms. The summed E-state index contributed by atoms with van der Waals surface area (Å²) in [6.45, 7) is 7.08. The first-order valence-electron chi connectivity index (χ1n) is 10.7. The molecule has 2 aromatic carbocycles. The maximum Gasteiger partial charge on any atom is 0.411 e. The molecule has 1 unspecified atom stereocenters. The minimum atomic E-state index is -0.646. The van der Waals surface area contributed by atoms with E-state index in [4.69, 9.17) is 9.47 Å². The molecule has 1 aliphatic rings. The van der Waals surface area contributed by atoms with Crippen molar-refractivity contribution in [2.75, 3.05) is 18.4 Å². The largest absolute Gasteiger partial charge is 0.444 e. The van der Waals surface area contributed by atoms with Crippen LogP contribution < -0.4 is 10.6 Å². The number of hydrogen-bond donors (Lipinski definition) is 2. The summed E-state index contributed by atoms with van der Waals surface area (Å²) in [7, 11) is 0. The van der Waals surface area contributed by atoms with Gasteiger partial charge in [0.2, 0.25) is 0 Å². The van der Waals surface area contributed by atoms with E-state index in [9.17, 15) is 14.0 Å². The van der Waals surface area contributed by atoms with Gasteiger partial charge in [-0.1, -0.05) is 36.4 Å². The smallest absolute Gasteiger partial charge is 0.411 e. The number of anilines is 1. The van der Waals surface area contributed by atoms with E-state index in [1.165, 1.54) is 6.07 Å². The molecule has 0 saturated carbocycles. The van der Waals surface area contributed by atoms with Crippen molar-refractivity contribution in [1.29, 1.82) is 0 Å². The quantitative estimate of drug-likeness (QED) is 0.678. The Morgan fingerprint density at radius 2 is 1.91 bits per heavy atom. The lowest BCUT2D eigenvalue weighted by molar-refractivity contribution is 0.0291. The van der Waals surface area contributed by atoms with Gasteiger partial charge in [-0.05, 0) is 44.9 Å². The molecule has 0 bridgehead atoms. The maximum absolute atomic E-state index is 14.5. The van der Waals surface area contributed by atoms with Crippen LogP contribution >= 0.6 is 0 Å². The average molecular weight is 444 g/mol. The van der Waals surface area contributed by atoms with E-state index in [2.05, 4.69) is 10.6 Å². The molecule has 0 aromatic heterocycles. The van der Waals surface area contributed by atoms with E-state index < -0.39 is 17.5 Å². The van der Waals surface area contributed by atoms with Gasteiger partial charge in [0.25, 0.3) is 0 Å². The zero-order chi connectivity index (χ0) is 23.1. The van der Waals surface area contributed by atoms with Crippen molar-refractivity contribution in [2.45, 2.75) is 52.0 Å². The number of nitrogens with zero attached hydrogens (tertiary/aromatic N) is 1. The Morgan fingerprint density at radius 3 is 2.59 bits per heavy atom. The summed E-state index contributed by atoms with van der Waals surface area (Å²) in [5.41, 5.74) is 1.13. The van der Waals surface area contributed by atoms with Crippen LogP contribution in [0.15, 0.2) is 48.5 Å². The summed E-state index contributed by atoms with van der Waals surface area (Å²) in [4.78, 5) is 25.8. The number of carbonyl (C=O) groups excluding carboxylic acids is 2. The van der Waals surface area contributed by atoms with E-state index in [1.54, 1.807) is 17.0 Å². The summed E-state index contributed by atoms with van der Waals surface area (Å²) in [6, 6.07) is 13.9. The molecule has 172 valence electrons. The third kappa shape index (κ3) is 7.23.